The lowest BCUT2D eigenvalue weighted by Gasteiger charge is -2.28. The molecule has 10 aromatic carbocycles. The molecule has 0 aliphatic heterocycles. The molecule has 0 unspecified atom stereocenters. The van der Waals surface area contributed by atoms with Crippen LogP contribution in [0.3, 0.4) is 0 Å². The molecule has 0 aliphatic rings. The Balaban J connectivity index is 1.08. The number of rotatable bonds is 7. The summed E-state index contributed by atoms with van der Waals surface area (Å²) in [5.74, 6) is 0. The predicted octanol–water partition coefficient (Wildman–Crippen LogP) is 15.6. The maximum Gasteiger partial charge on any atom is 0.0547 e. The van der Waals surface area contributed by atoms with E-state index in [0.29, 0.717) is 0 Å². The van der Waals surface area contributed by atoms with E-state index in [0.717, 1.165) is 28.3 Å². The highest BCUT2D eigenvalue weighted by molar-refractivity contribution is 6.16. The van der Waals surface area contributed by atoms with Gasteiger partial charge in [0.05, 0.1) is 16.7 Å². The first-order chi connectivity index (χ1) is 28.8. The van der Waals surface area contributed by atoms with Crippen LogP contribution < -0.4 is 4.90 Å². The molecule has 0 radical (unpaired) electrons. The zero-order valence-electron chi connectivity index (χ0n) is 31.8. The van der Waals surface area contributed by atoms with Gasteiger partial charge in [0.2, 0.25) is 0 Å². The maximum absolute atomic E-state index is 2.44. The number of aromatic nitrogens is 1. The Morgan fingerprint density at radius 3 is 1.59 bits per heavy atom. The Morgan fingerprint density at radius 2 is 0.828 bits per heavy atom. The lowest BCUT2D eigenvalue weighted by molar-refractivity contribution is 1.18. The summed E-state index contributed by atoms with van der Waals surface area (Å²) in [7, 11) is 0. The van der Waals surface area contributed by atoms with E-state index in [-0.39, 0.29) is 0 Å². The van der Waals surface area contributed by atoms with Crippen molar-refractivity contribution in [2.24, 2.45) is 0 Å². The molecule has 0 saturated carbocycles. The van der Waals surface area contributed by atoms with Gasteiger partial charge < -0.3 is 9.47 Å². The molecule has 0 bridgehead atoms. The summed E-state index contributed by atoms with van der Waals surface area (Å²) < 4.78 is 2.39. The highest BCUT2D eigenvalue weighted by Crippen LogP contribution is 2.44. The van der Waals surface area contributed by atoms with Gasteiger partial charge in [0.1, 0.15) is 0 Å². The van der Waals surface area contributed by atoms with Crippen LogP contribution in [0.5, 0.6) is 0 Å². The molecule has 0 aliphatic carbocycles. The molecule has 11 aromatic rings. The van der Waals surface area contributed by atoms with Gasteiger partial charge in [-0.05, 0) is 110 Å². The van der Waals surface area contributed by atoms with E-state index in [9.17, 15) is 0 Å². The van der Waals surface area contributed by atoms with Crippen LogP contribution in [0.4, 0.5) is 17.1 Å². The second-order valence-electron chi connectivity index (χ2n) is 14.9. The van der Waals surface area contributed by atoms with E-state index in [1.165, 1.54) is 71.2 Å². The largest absolute Gasteiger partial charge is 0.310 e. The minimum absolute atomic E-state index is 1.10. The van der Waals surface area contributed by atoms with E-state index in [4.69, 9.17) is 0 Å². The molecule has 0 atom stereocenters. The van der Waals surface area contributed by atoms with Crippen molar-refractivity contribution in [2.75, 3.05) is 4.90 Å². The molecule has 1 heterocycles. The molecular weight excluding hydrogens is 701 g/mol. The molecule has 0 N–H and O–H groups in total. The summed E-state index contributed by atoms with van der Waals surface area (Å²) in [5, 5.41) is 7.44. The SMILES string of the molecule is c1ccc(-c2cccc(N(c3cccc(-c4cccc(-c5cccc6c5c5ccccc5n6-c5ccccc5)c4)c3)c3cc4ccccc4c4ccccc34)c2)cc1. The third-order valence-corrected chi connectivity index (χ3v) is 11.5. The number of hydrogen-bond donors (Lipinski definition) is 0. The van der Waals surface area contributed by atoms with Crippen molar-refractivity contribution in [3.63, 3.8) is 0 Å². The van der Waals surface area contributed by atoms with Crippen molar-refractivity contribution >= 4 is 60.4 Å². The van der Waals surface area contributed by atoms with E-state index in [1.54, 1.807) is 0 Å². The lowest BCUT2D eigenvalue weighted by Crippen LogP contribution is -2.11. The number of hydrogen-bond acceptors (Lipinski definition) is 1. The standard InChI is InChI=1S/C56H38N2/c1-3-17-39(18-4-1)41-21-14-26-46(36-41)57(55-38-44-19-7-8-28-48(44)50-29-9-10-30-51(50)55)47-27-15-22-42(37-47)40-20-13-23-43(35-40)49-32-16-34-54-56(49)52-31-11-12-33-53(52)58(54)45-24-5-2-6-25-45/h1-38H. The van der Waals surface area contributed by atoms with Crippen molar-refractivity contribution < 1.29 is 0 Å². The van der Waals surface area contributed by atoms with Crippen LogP contribution in [0, 0.1) is 0 Å². The fraction of sp³-hybridized carbons (Fsp3) is 0. The Morgan fingerprint density at radius 1 is 0.310 bits per heavy atom. The zero-order chi connectivity index (χ0) is 38.4. The van der Waals surface area contributed by atoms with E-state index in [1.807, 2.05) is 0 Å². The molecule has 0 fully saturated rings. The van der Waals surface area contributed by atoms with Crippen molar-refractivity contribution in [1.29, 1.82) is 0 Å². The number of para-hydroxylation sites is 2. The predicted molar refractivity (Wildman–Crippen MR) is 247 cm³/mol. The van der Waals surface area contributed by atoms with Crippen LogP contribution in [0.15, 0.2) is 231 Å². The second kappa shape index (κ2) is 14.1. The van der Waals surface area contributed by atoms with Gasteiger partial charge in [-0.3, -0.25) is 0 Å². The molecule has 1 aromatic heterocycles. The summed E-state index contributed by atoms with van der Waals surface area (Å²) >= 11 is 0. The van der Waals surface area contributed by atoms with Gasteiger partial charge in [-0.2, -0.15) is 0 Å². The number of fused-ring (bicyclic) bond motifs is 6. The highest BCUT2D eigenvalue weighted by atomic mass is 15.1. The smallest absolute Gasteiger partial charge is 0.0547 e. The third kappa shape index (κ3) is 5.74. The van der Waals surface area contributed by atoms with E-state index < -0.39 is 0 Å². The molecule has 11 rings (SSSR count). The monoisotopic (exact) mass is 738 g/mol. The molecule has 2 heteroatoms. The van der Waals surface area contributed by atoms with Crippen molar-refractivity contribution in [1.82, 2.24) is 4.57 Å². The first-order valence-corrected chi connectivity index (χ1v) is 19.9. The zero-order valence-corrected chi connectivity index (χ0v) is 31.8. The lowest BCUT2D eigenvalue weighted by atomic mass is 9.95. The first-order valence-electron chi connectivity index (χ1n) is 19.9. The topological polar surface area (TPSA) is 8.17 Å². The molecule has 0 amide bonds. The average Bonchev–Trinajstić information content (AvgIpc) is 3.65. The van der Waals surface area contributed by atoms with Gasteiger partial charge in [0.15, 0.2) is 0 Å². The van der Waals surface area contributed by atoms with Gasteiger partial charge in [-0.25, -0.2) is 0 Å². The van der Waals surface area contributed by atoms with Crippen LogP contribution in [-0.4, -0.2) is 4.57 Å². The summed E-state index contributed by atoms with van der Waals surface area (Å²) in [5.41, 5.74) is 14.0. The maximum atomic E-state index is 2.44. The molecule has 0 spiro atoms. The van der Waals surface area contributed by atoms with Gasteiger partial charge >= 0.3 is 0 Å². The van der Waals surface area contributed by atoms with Gasteiger partial charge in [0, 0.05) is 33.2 Å². The second-order valence-corrected chi connectivity index (χ2v) is 14.9. The highest BCUT2D eigenvalue weighted by Gasteiger charge is 2.20. The van der Waals surface area contributed by atoms with E-state index in [2.05, 4.69) is 240 Å². The van der Waals surface area contributed by atoms with Gasteiger partial charge in [0.25, 0.3) is 0 Å². The van der Waals surface area contributed by atoms with Crippen LogP contribution >= 0.6 is 0 Å². The van der Waals surface area contributed by atoms with Crippen LogP contribution in [0.25, 0.3) is 82.4 Å². The third-order valence-electron chi connectivity index (χ3n) is 11.5. The summed E-state index contributed by atoms with van der Waals surface area (Å²) in [4.78, 5) is 2.44. The summed E-state index contributed by atoms with van der Waals surface area (Å²) in [6.07, 6.45) is 0. The van der Waals surface area contributed by atoms with Crippen LogP contribution in [-0.2, 0) is 0 Å². The molecule has 58 heavy (non-hydrogen) atoms. The first kappa shape index (κ1) is 33.6. The van der Waals surface area contributed by atoms with Crippen LogP contribution in [0.1, 0.15) is 0 Å². The van der Waals surface area contributed by atoms with Crippen molar-refractivity contribution in [3.05, 3.63) is 231 Å². The summed E-state index contributed by atoms with van der Waals surface area (Å²) in [6, 6.07) is 83.7. The fourth-order valence-corrected chi connectivity index (χ4v) is 8.91. The Kier molecular flexibility index (Phi) is 8.19. The molecule has 2 nitrogen and oxygen atoms in total. The van der Waals surface area contributed by atoms with Gasteiger partial charge in [-0.1, -0.05) is 170 Å². The number of benzene rings is 10. The Hall–Kier alpha value is -7.68. The fourth-order valence-electron chi connectivity index (χ4n) is 8.91. The number of anilines is 3. The Bertz CT molecular complexity index is 3290. The molecular formula is C56H38N2. The molecule has 0 saturated heterocycles. The Labute approximate surface area is 338 Å². The van der Waals surface area contributed by atoms with Crippen LogP contribution in [0.2, 0.25) is 0 Å². The minimum atomic E-state index is 1.10. The summed E-state index contributed by atoms with van der Waals surface area (Å²) in [6.45, 7) is 0. The number of nitrogens with zero attached hydrogens (tertiary/aromatic N) is 2. The van der Waals surface area contributed by atoms with E-state index >= 15 is 0 Å². The minimum Gasteiger partial charge on any atom is -0.310 e. The normalized spacial score (nSPS) is 11.4. The van der Waals surface area contributed by atoms with Gasteiger partial charge in [-0.15, -0.1) is 0 Å². The quantitative estimate of drug-likeness (QED) is 0.148. The van der Waals surface area contributed by atoms with Crippen molar-refractivity contribution in [3.8, 4) is 39.1 Å². The van der Waals surface area contributed by atoms with Crippen molar-refractivity contribution in [2.45, 2.75) is 0 Å². The average molecular weight is 739 g/mol. The molecule has 272 valence electrons.